The van der Waals surface area contributed by atoms with Crippen LogP contribution in [-0.4, -0.2) is 62.0 Å². The van der Waals surface area contributed by atoms with Gasteiger partial charge in [0.05, 0.1) is 19.8 Å². The first-order chi connectivity index (χ1) is 14.6. The van der Waals surface area contributed by atoms with Crippen LogP contribution < -0.4 is 16.0 Å². The molecule has 2 aromatic carbocycles. The van der Waals surface area contributed by atoms with E-state index in [0.717, 1.165) is 0 Å². The fraction of sp³-hybridized carbons (Fsp3) is 0.318. The molecule has 30 heavy (non-hydrogen) atoms. The van der Waals surface area contributed by atoms with E-state index in [4.69, 9.17) is 4.74 Å². The number of benzene rings is 2. The number of morpholine rings is 1. The van der Waals surface area contributed by atoms with Gasteiger partial charge in [-0.3, -0.25) is 14.4 Å². The molecule has 0 bridgehead atoms. The van der Waals surface area contributed by atoms with Gasteiger partial charge in [-0.2, -0.15) is 0 Å². The van der Waals surface area contributed by atoms with Crippen molar-refractivity contribution in [1.82, 2.24) is 10.2 Å². The van der Waals surface area contributed by atoms with Crippen molar-refractivity contribution in [3.05, 3.63) is 59.7 Å². The lowest BCUT2D eigenvalue weighted by Gasteiger charge is -2.27. The number of anilines is 2. The van der Waals surface area contributed by atoms with Crippen molar-refractivity contribution in [2.45, 2.75) is 6.92 Å². The van der Waals surface area contributed by atoms with E-state index in [1.807, 2.05) is 6.92 Å². The molecule has 3 amide bonds. The molecule has 2 aromatic rings. The summed E-state index contributed by atoms with van der Waals surface area (Å²) in [7, 11) is 0. The fourth-order valence-corrected chi connectivity index (χ4v) is 3.10. The quantitative estimate of drug-likeness (QED) is 0.648. The normalized spacial score (nSPS) is 13.4. The Morgan fingerprint density at radius 3 is 2.37 bits per heavy atom. The number of ether oxygens (including phenoxy) is 1. The van der Waals surface area contributed by atoms with Gasteiger partial charge >= 0.3 is 0 Å². The monoisotopic (exact) mass is 410 g/mol. The van der Waals surface area contributed by atoms with Gasteiger partial charge in [0.2, 0.25) is 5.91 Å². The summed E-state index contributed by atoms with van der Waals surface area (Å²) in [6.07, 6.45) is 0. The summed E-state index contributed by atoms with van der Waals surface area (Å²) >= 11 is 0. The lowest BCUT2D eigenvalue weighted by atomic mass is 10.1. The van der Waals surface area contributed by atoms with Crippen LogP contribution in [0.5, 0.6) is 0 Å². The summed E-state index contributed by atoms with van der Waals surface area (Å²) < 4.78 is 5.28. The molecule has 1 aliphatic rings. The Morgan fingerprint density at radius 2 is 1.63 bits per heavy atom. The van der Waals surface area contributed by atoms with E-state index in [2.05, 4.69) is 16.0 Å². The van der Waals surface area contributed by atoms with Crippen LogP contribution in [0.2, 0.25) is 0 Å². The highest BCUT2D eigenvalue weighted by Gasteiger charge is 2.18. The van der Waals surface area contributed by atoms with Gasteiger partial charge < -0.3 is 25.6 Å². The Kier molecular flexibility index (Phi) is 7.40. The standard InChI is InChI=1S/C22H26N4O4/c1-2-23-21(28)16-5-3-7-18(13-16)24-15-20(27)25-19-8-4-6-17(14-19)22(29)26-9-11-30-12-10-26/h3-8,13-14,24H,2,9-12,15H2,1H3,(H,23,28)(H,25,27). The van der Waals surface area contributed by atoms with E-state index in [-0.39, 0.29) is 24.3 Å². The summed E-state index contributed by atoms with van der Waals surface area (Å²) in [5, 5.41) is 8.54. The third-order valence-corrected chi connectivity index (χ3v) is 4.61. The largest absolute Gasteiger partial charge is 0.378 e. The second kappa shape index (κ2) is 10.4. The van der Waals surface area contributed by atoms with Gasteiger partial charge in [-0.25, -0.2) is 0 Å². The number of rotatable bonds is 7. The number of nitrogens with zero attached hydrogens (tertiary/aromatic N) is 1. The lowest BCUT2D eigenvalue weighted by molar-refractivity contribution is -0.114. The van der Waals surface area contributed by atoms with Crippen LogP contribution in [0, 0.1) is 0 Å². The van der Waals surface area contributed by atoms with Crippen molar-refractivity contribution in [1.29, 1.82) is 0 Å². The molecular formula is C22H26N4O4. The van der Waals surface area contributed by atoms with Gasteiger partial charge in [0.15, 0.2) is 0 Å². The highest BCUT2D eigenvalue weighted by molar-refractivity contribution is 5.98. The Labute approximate surface area is 175 Å². The topological polar surface area (TPSA) is 99.8 Å². The maximum atomic E-state index is 12.6. The van der Waals surface area contributed by atoms with Crippen molar-refractivity contribution in [2.75, 3.05) is 50.0 Å². The first-order valence-corrected chi connectivity index (χ1v) is 9.96. The predicted molar refractivity (Wildman–Crippen MR) is 115 cm³/mol. The third-order valence-electron chi connectivity index (χ3n) is 4.61. The van der Waals surface area contributed by atoms with E-state index in [9.17, 15) is 14.4 Å². The Balaban J connectivity index is 1.56. The minimum Gasteiger partial charge on any atom is -0.378 e. The van der Waals surface area contributed by atoms with Crippen LogP contribution in [0.3, 0.4) is 0 Å². The number of hydrogen-bond donors (Lipinski definition) is 3. The zero-order chi connectivity index (χ0) is 21.3. The number of carbonyl (C=O) groups excluding carboxylic acids is 3. The van der Waals surface area contributed by atoms with E-state index in [1.54, 1.807) is 53.4 Å². The van der Waals surface area contributed by atoms with Crippen LogP contribution in [0.1, 0.15) is 27.6 Å². The highest BCUT2D eigenvalue weighted by Crippen LogP contribution is 2.14. The van der Waals surface area contributed by atoms with Gasteiger partial charge in [-0.1, -0.05) is 12.1 Å². The van der Waals surface area contributed by atoms with Crippen molar-refractivity contribution in [3.63, 3.8) is 0 Å². The fourth-order valence-electron chi connectivity index (χ4n) is 3.10. The van der Waals surface area contributed by atoms with Crippen LogP contribution in [0.25, 0.3) is 0 Å². The Hall–Kier alpha value is -3.39. The number of amides is 3. The second-order valence-electron chi connectivity index (χ2n) is 6.83. The Bertz CT molecular complexity index is 910. The molecule has 0 saturated carbocycles. The van der Waals surface area contributed by atoms with Gasteiger partial charge in [0, 0.05) is 42.1 Å². The molecule has 0 aliphatic carbocycles. The summed E-state index contributed by atoms with van der Waals surface area (Å²) in [6.45, 7) is 4.63. The van der Waals surface area contributed by atoms with Crippen LogP contribution >= 0.6 is 0 Å². The van der Waals surface area contributed by atoms with E-state index >= 15 is 0 Å². The van der Waals surface area contributed by atoms with E-state index in [0.29, 0.717) is 55.3 Å². The molecular weight excluding hydrogens is 384 g/mol. The minimum absolute atomic E-state index is 0.0283. The molecule has 0 aromatic heterocycles. The van der Waals surface area contributed by atoms with Gasteiger partial charge in [-0.05, 0) is 43.3 Å². The van der Waals surface area contributed by atoms with E-state index < -0.39 is 0 Å². The summed E-state index contributed by atoms with van der Waals surface area (Å²) in [5.74, 6) is -0.489. The molecule has 1 aliphatic heterocycles. The zero-order valence-electron chi connectivity index (χ0n) is 16.9. The first-order valence-electron chi connectivity index (χ1n) is 9.96. The van der Waals surface area contributed by atoms with Gasteiger partial charge in [0.25, 0.3) is 11.8 Å². The SMILES string of the molecule is CCNC(=O)c1cccc(NCC(=O)Nc2cccc(C(=O)N3CCOCC3)c2)c1. The average Bonchev–Trinajstić information content (AvgIpc) is 2.78. The molecule has 3 N–H and O–H groups in total. The third kappa shape index (κ3) is 5.81. The molecule has 8 nitrogen and oxygen atoms in total. The molecule has 158 valence electrons. The van der Waals surface area contributed by atoms with Gasteiger partial charge in [-0.15, -0.1) is 0 Å². The van der Waals surface area contributed by atoms with Crippen LogP contribution in [-0.2, 0) is 9.53 Å². The van der Waals surface area contributed by atoms with Gasteiger partial charge in [0.1, 0.15) is 0 Å². The maximum absolute atomic E-state index is 12.6. The summed E-state index contributed by atoms with van der Waals surface area (Å²) in [6, 6.07) is 13.8. The Morgan fingerprint density at radius 1 is 0.967 bits per heavy atom. The number of nitrogens with one attached hydrogen (secondary N) is 3. The number of hydrogen-bond acceptors (Lipinski definition) is 5. The van der Waals surface area contributed by atoms with Crippen molar-refractivity contribution < 1.29 is 19.1 Å². The molecule has 0 atom stereocenters. The molecule has 1 heterocycles. The second-order valence-corrected chi connectivity index (χ2v) is 6.83. The molecule has 8 heteroatoms. The van der Waals surface area contributed by atoms with Crippen LogP contribution in [0.15, 0.2) is 48.5 Å². The molecule has 0 unspecified atom stereocenters. The molecule has 1 saturated heterocycles. The van der Waals surface area contributed by atoms with Crippen LogP contribution in [0.4, 0.5) is 11.4 Å². The zero-order valence-corrected chi connectivity index (χ0v) is 16.9. The number of carbonyl (C=O) groups is 3. The first kappa shape index (κ1) is 21.3. The predicted octanol–water partition coefficient (Wildman–Crippen LogP) is 1.96. The van der Waals surface area contributed by atoms with Crippen molar-refractivity contribution >= 4 is 29.1 Å². The molecule has 1 fully saturated rings. The highest BCUT2D eigenvalue weighted by atomic mass is 16.5. The minimum atomic E-state index is -0.255. The maximum Gasteiger partial charge on any atom is 0.254 e. The van der Waals surface area contributed by atoms with Crippen molar-refractivity contribution in [3.8, 4) is 0 Å². The molecule has 0 spiro atoms. The molecule has 0 radical (unpaired) electrons. The summed E-state index contributed by atoms with van der Waals surface area (Å²) in [4.78, 5) is 38.6. The van der Waals surface area contributed by atoms with Crippen molar-refractivity contribution in [2.24, 2.45) is 0 Å². The average molecular weight is 410 g/mol. The lowest BCUT2D eigenvalue weighted by Crippen LogP contribution is -2.40. The molecule has 3 rings (SSSR count). The summed E-state index contributed by atoms with van der Waals surface area (Å²) in [5.41, 5.74) is 2.27. The van der Waals surface area contributed by atoms with E-state index in [1.165, 1.54) is 0 Å². The smallest absolute Gasteiger partial charge is 0.254 e.